The molecular weight excluding hydrogens is 329 g/mol. The van der Waals surface area contributed by atoms with Gasteiger partial charge in [0.05, 0.1) is 11.2 Å². The highest BCUT2D eigenvalue weighted by Gasteiger charge is 2.41. The number of nitrogens with zero attached hydrogens (tertiary/aromatic N) is 1. The first kappa shape index (κ1) is 18.7. The van der Waals surface area contributed by atoms with Gasteiger partial charge in [-0.1, -0.05) is 37.5 Å². The average molecular weight is 356 g/mol. The zero-order valence-electron chi connectivity index (χ0n) is 14.4. The molecule has 140 valence electrons. The standard InChI is InChI=1S/C19H27F3N2O/c20-19(21,22)15-6-4-5-14(11-15)17(13-24-10-7-16(23)12-24)18(25)8-2-1-3-9-18/h4-6,11,16-17,25H,1-3,7-10,12-13,23H2/t16-,17?/m1/s1. The van der Waals surface area contributed by atoms with Gasteiger partial charge < -0.3 is 15.7 Å². The van der Waals surface area contributed by atoms with Crippen LogP contribution in [0.5, 0.6) is 0 Å². The second kappa shape index (κ2) is 7.25. The van der Waals surface area contributed by atoms with Crippen LogP contribution < -0.4 is 5.73 Å². The van der Waals surface area contributed by atoms with Gasteiger partial charge in [0.1, 0.15) is 0 Å². The predicted octanol–water partition coefficient (Wildman–Crippen LogP) is 3.52. The van der Waals surface area contributed by atoms with Gasteiger partial charge in [0, 0.05) is 25.0 Å². The van der Waals surface area contributed by atoms with Crippen molar-refractivity contribution in [2.75, 3.05) is 19.6 Å². The second-order valence-electron chi connectivity index (χ2n) is 7.65. The molecule has 25 heavy (non-hydrogen) atoms. The summed E-state index contributed by atoms with van der Waals surface area (Å²) >= 11 is 0. The van der Waals surface area contributed by atoms with E-state index < -0.39 is 17.3 Å². The van der Waals surface area contributed by atoms with Crippen LogP contribution in [0.2, 0.25) is 0 Å². The Hall–Kier alpha value is -1.11. The molecule has 1 saturated carbocycles. The fourth-order valence-electron chi connectivity index (χ4n) is 4.32. The Balaban J connectivity index is 1.90. The van der Waals surface area contributed by atoms with Crippen molar-refractivity contribution in [2.45, 2.75) is 62.3 Å². The molecular formula is C19H27F3N2O. The predicted molar refractivity (Wildman–Crippen MR) is 91.3 cm³/mol. The number of benzene rings is 1. The molecule has 2 aliphatic rings. The van der Waals surface area contributed by atoms with Crippen molar-refractivity contribution in [2.24, 2.45) is 5.73 Å². The van der Waals surface area contributed by atoms with Crippen LogP contribution in [0, 0.1) is 0 Å². The Kier molecular flexibility index (Phi) is 5.42. The van der Waals surface area contributed by atoms with E-state index in [0.717, 1.165) is 44.8 Å². The van der Waals surface area contributed by atoms with Gasteiger partial charge in [-0.15, -0.1) is 0 Å². The van der Waals surface area contributed by atoms with Crippen molar-refractivity contribution in [1.29, 1.82) is 0 Å². The van der Waals surface area contributed by atoms with E-state index in [-0.39, 0.29) is 12.0 Å². The van der Waals surface area contributed by atoms with E-state index in [1.54, 1.807) is 6.07 Å². The zero-order chi connectivity index (χ0) is 18.1. The monoisotopic (exact) mass is 356 g/mol. The highest BCUT2D eigenvalue weighted by molar-refractivity contribution is 5.31. The molecule has 2 fully saturated rings. The van der Waals surface area contributed by atoms with Crippen LogP contribution >= 0.6 is 0 Å². The third-order valence-electron chi connectivity index (χ3n) is 5.73. The van der Waals surface area contributed by atoms with Gasteiger partial charge in [-0.05, 0) is 37.4 Å². The van der Waals surface area contributed by atoms with Crippen LogP contribution in [0.25, 0.3) is 0 Å². The third-order valence-corrected chi connectivity index (χ3v) is 5.73. The summed E-state index contributed by atoms with van der Waals surface area (Å²) in [4.78, 5) is 2.18. The first-order valence-corrected chi connectivity index (χ1v) is 9.15. The SMILES string of the molecule is N[C@@H]1CCN(CC(c2cccc(C(F)(F)F)c2)C2(O)CCCCC2)C1. The number of aliphatic hydroxyl groups is 1. The number of hydrogen-bond donors (Lipinski definition) is 2. The lowest BCUT2D eigenvalue weighted by molar-refractivity contribution is -0.137. The summed E-state index contributed by atoms with van der Waals surface area (Å²) in [5.74, 6) is -0.319. The molecule has 0 bridgehead atoms. The van der Waals surface area contributed by atoms with Gasteiger partial charge in [-0.2, -0.15) is 13.2 Å². The van der Waals surface area contributed by atoms with Gasteiger partial charge in [0.2, 0.25) is 0 Å². The van der Waals surface area contributed by atoms with Crippen LogP contribution in [0.4, 0.5) is 13.2 Å². The molecule has 3 rings (SSSR count). The Labute approximate surface area is 147 Å². The zero-order valence-corrected chi connectivity index (χ0v) is 14.4. The Bertz CT molecular complexity index is 584. The quantitative estimate of drug-likeness (QED) is 0.868. The van der Waals surface area contributed by atoms with Crippen LogP contribution in [0.15, 0.2) is 24.3 Å². The molecule has 0 aromatic heterocycles. The molecule has 1 aromatic carbocycles. The molecule has 0 amide bonds. The largest absolute Gasteiger partial charge is 0.416 e. The Morgan fingerprint density at radius 2 is 1.96 bits per heavy atom. The van der Waals surface area contributed by atoms with Gasteiger partial charge in [-0.3, -0.25) is 0 Å². The Morgan fingerprint density at radius 1 is 1.24 bits per heavy atom. The lowest BCUT2D eigenvalue weighted by Crippen LogP contribution is -2.44. The van der Waals surface area contributed by atoms with Gasteiger partial charge in [0.25, 0.3) is 0 Å². The van der Waals surface area contributed by atoms with E-state index in [1.165, 1.54) is 12.1 Å². The second-order valence-corrected chi connectivity index (χ2v) is 7.65. The maximum atomic E-state index is 13.1. The van der Waals surface area contributed by atoms with Crippen molar-refractivity contribution in [3.8, 4) is 0 Å². The average Bonchev–Trinajstić information content (AvgIpc) is 2.98. The number of alkyl halides is 3. The summed E-state index contributed by atoms with van der Waals surface area (Å²) in [6.45, 7) is 2.14. The topological polar surface area (TPSA) is 49.5 Å². The molecule has 3 nitrogen and oxygen atoms in total. The fourth-order valence-corrected chi connectivity index (χ4v) is 4.32. The van der Waals surface area contributed by atoms with Crippen molar-refractivity contribution in [3.05, 3.63) is 35.4 Å². The molecule has 0 radical (unpaired) electrons. The number of halogens is 3. The summed E-state index contributed by atoms with van der Waals surface area (Å²) in [6.07, 6.45) is 0.740. The minimum atomic E-state index is -4.37. The van der Waals surface area contributed by atoms with E-state index in [9.17, 15) is 18.3 Å². The molecule has 1 aromatic rings. The molecule has 0 spiro atoms. The van der Waals surface area contributed by atoms with E-state index in [4.69, 9.17) is 5.73 Å². The molecule has 6 heteroatoms. The lowest BCUT2D eigenvalue weighted by Gasteiger charge is -2.41. The van der Waals surface area contributed by atoms with Crippen LogP contribution in [0.3, 0.4) is 0 Å². The fraction of sp³-hybridized carbons (Fsp3) is 0.684. The number of rotatable bonds is 4. The van der Waals surface area contributed by atoms with E-state index >= 15 is 0 Å². The number of nitrogens with two attached hydrogens (primary N) is 1. The van der Waals surface area contributed by atoms with Crippen molar-refractivity contribution >= 4 is 0 Å². The van der Waals surface area contributed by atoms with E-state index in [1.807, 2.05) is 0 Å². The van der Waals surface area contributed by atoms with Crippen molar-refractivity contribution < 1.29 is 18.3 Å². The minimum absolute atomic E-state index is 0.114. The molecule has 2 atom stereocenters. The van der Waals surface area contributed by atoms with Gasteiger partial charge >= 0.3 is 6.18 Å². The highest BCUT2D eigenvalue weighted by Crippen LogP contribution is 2.42. The van der Waals surface area contributed by atoms with Crippen LogP contribution in [-0.2, 0) is 6.18 Å². The summed E-state index contributed by atoms with van der Waals surface area (Å²) in [6, 6.07) is 5.60. The summed E-state index contributed by atoms with van der Waals surface area (Å²) in [5.41, 5.74) is 4.98. The van der Waals surface area contributed by atoms with Crippen LogP contribution in [0.1, 0.15) is 55.6 Å². The lowest BCUT2D eigenvalue weighted by atomic mass is 9.72. The summed E-state index contributed by atoms with van der Waals surface area (Å²) in [5, 5.41) is 11.3. The van der Waals surface area contributed by atoms with Crippen molar-refractivity contribution in [3.63, 3.8) is 0 Å². The van der Waals surface area contributed by atoms with E-state index in [2.05, 4.69) is 4.90 Å². The van der Waals surface area contributed by atoms with E-state index in [0.29, 0.717) is 24.9 Å². The third kappa shape index (κ3) is 4.36. The first-order chi connectivity index (χ1) is 11.8. The minimum Gasteiger partial charge on any atom is -0.389 e. The molecule has 1 saturated heterocycles. The first-order valence-electron chi connectivity index (χ1n) is 9.15. The molecule has 3 N–H and O–H groups in total. The highest BCUT2D eigenvalue weighted by atomic mass is 19.4. The number of hydrogen-bond acceptors (Lipinski definition) is 3. The summed E-state index contributed by atoms with van der Waals surface area (Å²) in [7, 11) is 0. The van der Waals surface area contributed by atoms with Gasteiger partial charge in [0.15, 0.2) is 0 Å². The smallest absolute Gasteiger partial charge is 0.389 e. The summed E-state index contributed by atoms with van der Waals surface area (Å²) < 4.78 is 39.4. The maximum Gasteiger partial charge on any atom is 0.416 e. The normalized spacial score (nSPS) is 25.9. The number of likely N-dealkylation sites (tertiary alicyclic amines) is 1. The van der Waals surface area contributed by atoms with Crippen molar-refractivity contribution in [1.82, 2.24) is 4.90 Å². The van der Waals surface area contributed by atoms with Crippen LogP contribution in [-0.4, -0.2) is 41.3 Å². The Morgan fingerprint density at radius 3 is 2.56 bits per heavy atom. The van der Waals surface area contributed by atoms with Gasteiger partial charge in [-0.25, -0.2) is 0 Å². The molecule has 1 aliphatic carbocycles. The maximum absolute atomic E-state index is 13.1. The molecule has 1 aliphatic heterocycles. The molecule has 1 heterocycles. The molecule has 1 unspecified atom stereocenters.